The van der Waals surface area contributed by atoms with Gasteiger partial charge in [0, 0.05) is 12.1 Å². The SMILES string of the molecule is COc1ccc(CCOC(=O)C2=C(C)NC(=O)NC2c2ccccc2)cc1. The predicted octanol–water partition coefficient (Wildman–Crippen LogP) is 3.11. The fourth-order valence-electron chi connectivity index (χ4n) is 2.99. The highest BCUT2D eigenvalue weighted by Crippen LogP contribution is 2.27. The monoisotopic (exact) mass is 366 g/mol. The van der Waals surface area contributed by atoms with Crippen molar-refractivity contribution in [1.29, 1.82) is 0 Å². The molecule has 1 heterocycles. The number of esters is 1. The van der Waals surface area contributed by atoms with E-state index in [2.05, 4.69) is 10.6 Å². The van der Waals surface area contributed by atoms with Crippen molar-refractivity contribution in [2.75, 3.05) is 13.7 Å². The van der Waals surface area contributed by atoms with Crippen LogP contribution in [0.4, 0.5) is 4.79 Å². The van der Waals surface area contributed by atoms with Crippen molar-refractivity contribution in [2.45, 2.75) is 19.4 Å². The number of allylic oxidation sites excluding steroid dienone is 1. The molecule has 2 aromatic rings. The van der Waals surface area contributed by atoms with E-state index in [1.807, 2.05) is 54.6 Å². The summed E-state index contributed by atoms with van der Waals surface area (Å²) in [7, 11) is 1.62. The Morgan fingerprint density at radius 2 is 1.78 bits per heavy atom. The standard InChI is InChI=1S/C21H22N2O4/c1-14-18(19(23-21(25)22-14)16-6-4-3-5-7-16)20(24)27-13-12-15-8-10-17(26-2)11-9-15/h3-11,19H,12-13H2,1-2H3,(H2,22,23,25). The number of methoxy groups -OCH3 is 1. The van der Waals surface area contributed by atoms with Gasteiger partial charge in [-0.25, -0.2) is 9.59 Å². The first-order chi connectivity index (χ1) is 13.1. The summed E-state index contributed by atoms with van der Waals surface area (Å²) in [4.78, 5) is 24.6. The van der Waals surface area contributed by atoms with Crippen LogP contribution in [0, 0.1) is 0 Å². The number of ether oxygens (including phenoxy) is 2. The van der Waals surface area contributed by atoms with E-state index in [9.17, 15) is 9.59 Å². The van der Waals surface area contributed by atoms with Crippen LogP contribution in [0.2, 0.25) is 0 Å². The summed E-state index contributed by atoms with van der Waals surface area (Å²) >= 11 is 0. The number of benzene rings is 2. The minimum Gasteiger partial charge on any atom is -0.497 e. The van der Waals surface area contributed by atoms with Crippen molar-refractivity contribution in [3.63, 3.8) is 0 Å². The number of hydrogen-bond donors (Lipinski definition) is 2. The summed E-state index contributed by atoms with van der Waals surface area (Å²) in [5.41, 5.74) is 2.79. The Morgan fingerprint density at radius 1 is 1.07 bits per heavy atom. The molecule has 0 spiro atoms. The molecule has 0 fully saturated rings. The number of urea groups is 1. The average Bonchev–Trinajstić information content (AvgIpc) is 2.68. The van der Waals surface area contributed by atoms with E-state index in [4.69, 9.17) is 9.47 Å². The van der Waals surface area contributed by atoms with Crippen LogP contribution in [-0.2, 0) is 16.0 Å². The summed E-state index contributed by atoms with van der Waals surface area (Å²) < 4.78 is 10.6. The highest BCUT2D eigenvalue weighted by Gasteiger charge is 2.31. The molecule has 3 rings (SSSR count). The Hall–Kier alpha value is -3.28. The minimum atomic E-state index is -0.534. The third-order valence-corrected chi connectivity index (χ3v) is 4.40. The number of amides is 2. The van der Waals surface area contributed by atoms with Crippen LogP contribution < -0.4 is 15.4 Å². The second-order valence-electron chi connectivity index (χ2n) is 6.21. The normalized spacial score (nSPS) is 16.4. The van der Waals surface area contributed by atoms with Gasteiger partial charge in [-0.05, 0) is 30.2 Å². The van der Waals surface area contributed by atoms with Gasteiger partial charge in [-0.1, -0.05) is 42.5 Å². The molecule has 140 valence electrons. The number of carbonyl (C=O) groups is 2. The second-order valence-corrected chi connectivity index (χ2v) is 6.21. The molecule has 27 heavy (non-hydrogen) atoms. The first kappa shape index (κ1) is 18.5. The molecule has 2 aromatic carbocycles. The lowest BCUT2D eigenvalue weighted by Crippen LogP contribution is -2.45. The highest BCUT2D eigenvalue weighted by atomic mass is 16.5. The summed E-state index contributed by atoms with van der Waals surface area (Å²) in [6.07, 6.45) is 0.595. The summed E-state index contributed by atoms with van der Waals surface area (Å²) in [5, 5.41) is 5.44. The van der Waals surface area contributed by atoms with Crippen molar-refractivity contribution in [2.24, 2.45) is 0 Å². The average molecular weight is 366 g/mol. The van der Waals surface area contributed by atoms with Crippen LogP contribution in [0.15, 0.2) is 65.9 Å². The van der Waals surface area contributed by atoms with Gasteiger partial charge in [-0.2, -0.15) is 0 Å². The molecule has 1 unspecified atom stereocenters. The van der Waals surface area contributed by atoms with Gasteiger partial charge in [0.25, 0.3) is 0 Å². The third kappa shape index (κ3) is 4.47. The lowest BCUT2D eigenvalue weighted by atomic mass is 9.96. The smallest absolute Gasteiger partial charge is 0.338 e. The molecule has 0 bridgehead atoms. The Morgan fingerprint density at radius 3 is 2.44 bits per heavy atom. The highest BCUT2D eigenvalue weighted by molar-refractivity contribution is 5.95. The fraction of sp³-hybridized carbons (Fsp3) is 0.238. The Labute approximate surface area is 158 Å². The van der Waals surface area contributed by atoms with Crippen molar-refractivity contribution in [3.05, 3.63) is 77.0 Å². The van der Waals surface area contributed by atoms with Gasteiger partial charge in [0.1, 0.15) is 5.75 Å². The maximum absolute atomic E-state index is 12.7. The Kier molecular flexibility index (Phi) is 5.76. The molecule has 2 amide bonds. The van der Waals surface area contributed by atoms with E-state index in [-0.39, 0.29) is 12.6 Å². The molecule has 0 aromatic heterocycles. The van der Waals surface area contributed by atoms with E-state index in [0.29, 0.717) is 17.7 Å². The molecule has 1 atom stereocenters. The molecule has 1 aliphatic heterocycles. The molecule has 1 aliphatic rings. The molecular formula is C21H22N2O4. The van der Waals surface area contributed by atoms with Crippen LogP contribution in [0.3, 0.4) is 0 Å². The van der Waals surface area contributed by atoms with Gasteiger partial charge in [0.2, 0.25) is 0 Å². The molecule has 6 heteroatoms. The lowest BCUT2D eigenvalue weighted by Gasteiger charge is -2.28. The van der Waals surface area contributed by atoms with E-state index < -0.39 is 12.0 Å². The van der Waals surface area contributed by atoms with E-state index >= 15 is 0 Å². The molecule has 2 N–H and O–H groups in total. The minimum absolute atomic E-state index is 0.247. The number of rotatable bonds is 6. The summed E-state index contributed by atoms with van der Waals surface area (Å²) in [5.74, 6) is 0.341. The van der Waals surface area contributed by atoms with Crippen LogP contribution in [0.1, 0.15) is 24.1 Å². The maximum Gasteiger partial charge on any atom is 0.338 e. The van der Waals surface area contributed by atoms with Crippen LogP contribution in [0.25, 0.3) is 0 Å². The van der Waals surface area contributed by atoms with Gasteiger partial charge in [0.05, 0.1) is 25.3 Å². The molecule has 6 nitrogen and oxygen atoms in total. The molecule has 0 saturated heterocycles. The van der Waals surface area contributed by atoms with Crippen molar-refractivity contribution in [1.82, 2.24) is 10.6 Å². The predicted molar refractivity (Wildman–Crippen MR) is 101 cm³/mol. The molecule has 0 aliphatic carbocycles. The van der Waals surface area contributed by atoms with Crippen LogP contribution in [-0.4, -0.2) is 25.7 Å². The van der Waals surface area contributed by atoms with E-state index in [1.54, 1.807) is 14.0 Å². The van der Waals surface area contributed by atoms with Crippen molar-refractivity contribution in [3.8, 4) is 5.75 Å². The van der Waals surface area contributed by atoms with Crippen molar-refractivity contribution >= 4 is 12.0 Å². The quantitative estimate of drug-likeness (QED) is 0.770. The topological polar surface area (TPSA) is 76.7 Å². The van der Waals surface area contributed by atoms with Gasteiger partial charge in [-0.3, -0.25) is 0 Å². The zero-order chi connectivity index (χ0) is 19.2. The molecule has 0 saturated carbocycles. The van der Waals surface area contributed by atoms with E-state index in [0.717, 1.165) is 16.9 Å². The number of hydrogen-bond acceptors (Lipinski definition) is 4. The zero-order valence-electron chi connectivity index (χ0n) is 15.3. The summed E-state index contributed by atoms with van der Waals surface area (Å²) in [6, 6.07) is 16.1. The van der Waals surface area contributed by atoms with E-state index in [1.165, 1.54) is 0 Å². The first-order valence-electron chi connectivity index (χ1n) is 8.72. The first-order valence-corrected chi connectivity index (χ1v) is 8.72. The van der Waals surface area contributed by atoms with Crippen molar-refractivity contribution < 1.29 is 19.1 Å². The zero-order valence-corrected chi connectivity index (χ0v) is 15.3. The largest absolute Gasteiger partial charge is 0.497 e. The Balaban J connectivity index is 1.69. The van der Waals surface area contributed by atoms with Crippen LogP contribution >= 0.6 is 0 Å². The van der Waals surface area contributed by atoms with Gasteiger partial charge in [-0.15, -0.1) is 0 Å². The Bertz CT molecular complexity index is 844. The third-order valence-electron chi connectivity index (χ3n) is 4.40. The lowest BCUT2D eigenvalue weighted by molar-refractivity contribution is -0.139. The summed E-state index contributed by atoms with van der Waals surface area (Å²) in [6.45, 7) is 1.95. The fourth-order valence-corrected chi connectivity index (χ4v) is 2.99. The number of nitrogens with one attached hydrogen (secondary N) is 2. The number of carbonyl (C=O) groups excluding carboxylic acids is 2. The second kappa shape index (κ2) is 8.40. The molecule has 0 radical (unpaired) electrons. The van der Waals surface area contributed by atoms with Crippen LogP contribution in [0.5, 0.6) is 5.75 Å². The van der Waals surface area contributed by atoms with Gasteiger partial charge in [0.15, 0.2) is 0 Å². The maximum atomic E-state index is 12.7. The van der Waals surface area contributed by atoms with Gasteiger partial charge < -0.3 is 20.1 Å². The van der Waals surface area contributed by atoms with Gasteiger partial charge >= 0.3 is 12.0 Å². The molecular weight excluding hydrogens is 344 g/mol.